The number of rotatable bonds is 10. The lowest BCUT2D eigenvalue weighted by atomic mass is 9.86. The minimum atomic E-state index is -0.328. The average Bonchev–Trinajstić information content (AvgIpc) is 2.85. The van der Waals surface area contributed by atoms with Gasteiger partial charge in [-0.25, -0.2) is 4.98 Å². The Morgan fingerprint density at radius 3 is 2.37 bits per heavy atom. The predicted molar refractivity (Wildman–Crippen MR) is 142 cm³/mol. The minimum Gasteiger partial charge on any atom is -0.385 e. The molecule has 6 nitrogen and oxygen atoms in total. The van der Waals surface area contributed by atoms with Crippen molar-refractivity contribution in [1.29, 1.82) is 0 Å². The number of hydrogen-bond acceptors (Lipinski definition) is 4. The zero-order valence-corrected chi connectivity index (χ0v) is 22.0. The maximum absolute atomic E-state index is 13.9. The first-order chi connectivity index (χ1) is 16.7. The lowest BCUT2D eigenvalue weighted by Gasteiger charge is -2.32. The zero-order chi connectivity index (χ0) is 25.6. The van der Waals surface area contributed by atoms with Gasteiger partial charge in [0.2, 0.25) is 0 Å². The number of carbonyl (C=O) groups is 1. The van der Waals surface area contributed by atoms with Crippen LogP contribution in [0, 0.1) is 0 Å². The molecule has 0 saturated carbocycles. The van der Waals surface area contributed by atoms with Crippen molar-refractivity contribution in [1.82, 2.24) is 14.5 Å². The molecule has 35 heavy (non-hydrogen) atoms. The van der Waals surface area contributed by atoms with E-state index in [0.29, 0.717) is 54.8 Å². The number of fused-ring (bicyclic) bond motifs is 1. The van der Waals surface area contributed by atoms with Crippen molar-refractivity contribution >= 4 is 16.8 Å². The Bertz CT molecular complexity index is 1190. The maximum atomic E-state index is 13.9. The summed E-state index contributed by atoms with van der Waals surface area (Å²) in [5.74, 6) is 0.592. The van der Waals surface area contributed by atoms with E-state index in [2.05, 4.69) is 20.8 Å². The first-order valence-electron chi connectivity index (χ1n) is 12.6. The molecule has 1 aromatic heterocycles. The molecule has 6 heteroatoms. The zero-order valence-electron chi connectivity index (χ0n) is 22.0. The van der Waals surface area contributed by atoms with Crippen molar-refractivity contribution < 1.29 is 9.53 Å². The number of benzene rings is 2. The number of ether oxygens (including phenoxy) is 1. The molecule has 1 unspecified atom stereocenters. The molecule has 1 heterocycles. The average molecular weight is 478 g/mol. The second-order valence-corrected chi connectivity index (χ2v) is 10.0. The van der Waals surface area contributed by atoms with Crippen molar-refractivity contribution in [3.63, 3.8) is 0 Å². The molecular formula is C29H39N3O3. The Balaban J connectivity index is 2.10. The lowest BCUT2D eigenvalue weighted by molar-refractivity contribution is 0.0631. The van der Waals surface area contributed by atoms with E-state index in [4.69, 9.17) is 9.72 Å². The van der Waals surface area contributed by atoms with Crippen molar-refractivity contribution in [3.05, 3.63) is 75.8 Å². The third kappa shape index (κ3) is 5.99. The Kier molecular flexibility index (Phi) is 8.84. The first kappa shape index (κ1) is 26.6. The molecule has 0 aliphatic heterocycles. The summed E-state index contributed by atoms with van der Waals surface area (Å²) in [7, 11) is 1.67. The first-order valence-corrected chi connectivity index (χ1v) is 12.6. The molecule has 0 fully saturated rings. The molecule has 0 saturated heterocycles. The standard InChI is InChI=1S/C29H39N3O3/c1-7-18-32-26(30-24-13-10-9-12-23(24)28(32)34)25(8-2)31(19-11-20-35-6)27(33)21-14-16-22(17-15-21)29(3,4)5/h9-10,12-17,25H,7-8,11,18-20H2,1-6H3. The molecule has 3 rings (SSSR count). The van der Waals surface area contributed by atoms with Crippen LogP contribution in [0.2, 0.25) is 0 Å². The summed E-state index contributed by atoms with van der Waals surface area (Å²) in [4.78, 5) is 34.1. The summed E-state index contributed by atoms with van der Waals surface area (Å²) in [6.45, 7) is 12.2. The van der Waals surface area contributed by atoms with E-state index in [-0.39, 0.29) is 22.9 Å². The monoisotopic (exact) mass is 477 g/mol. The molecule has 0 bridgehead atoms. The number of para-hydroxylation sites is 1. The van der Waals surface area contributed by atoms with Crippen LogP contribution >= 0.6 is 0 Å². The lowest BCUT2D eigenvalue weighted by Crippen LogP contribution is -2.39. The number of methoxy groups -OCH3 is 1. The highest BCUT2D eigenvalue weighted by atomic mass is 16.5. The number of aromatic nitrogens is 2. The van der Waals surface area contributed by atoms with Gasteiger partial charge in [0.25, 0.3) is 11.5 Å². The molecule has 0 radical (unpaired) electrons. The van der Waals surface area contributed by atoms with E-state index in [1.54, 1.807) is 11.7 Å². The highest BCUT2D eigenvalue weighted by molar-refractivity contribution is 5.94. The van der Waals surface area contributed by atoms with Gasteiger partial charge in [-0.1, -0.05) is 58.9 Å². The number of carbonyl (C=O) groups excluding carboxylic acids is 1. The van der Waals surface area contributed by atoms with E-state index in [1.807, 2.05) is 67.3 Å². The largest absolute Gasteiger partial charge is 0.385 e. The quantitative estimate of drug-likeness (QED) is 0.350. The molecule has 3 aromatic rings. The molecular weight excluding hydrogens is 438 g/mol. The Morgan fingerprint density at radius 1 is 1.09 bits per heavy atom. The van der Waals surface area contributed by atoms with E-state index in [0.717, 1.165) is 6.42 Å². The van der Waals surface area contributed by atoms with Crippen LogP contribution < -0.4 is 5.56 Å². The summed E-state index contributed by atoms with van der Waals surface area (Å²) < 4.78 is 7.04. The summed E-state index contributed by atoms with van der Waals surface area (Å²) in [5, 5.41) is 0.606. The molecule has 1 atom stereocenters. The van der Waals surface area contributed by atoms with Crippen molar-refractivity contribution in [2.24, 2.45) is 0 Å². The molecule has 188 valence electrons. The third-order valence-corrected chi connectivity index (χ3v) is 6.41. The number of hydrogen-bond donors (Lipinski definition) is 0. The van der Waals surface area contributed by atoms with Gasteiger partial charge in [-0.2, -0.15) is 0 Å². The van der Waals surface area contributed by atoms with Crippen molar-refractivity contribution in [2.75, 3.05) is 20.3 Å². The van der Waals surface area contributed by atoms with Gasteiger partial charge in [-0.15, -0.1) is 0 Å². The van der Waals surface area contributed by atoms with Crippen LogP contribution in [0.25, 0.3) is 10.9 Å². The summed E-state index contributed by atoms with van der Waals surface area (Å²) >= 11 is 0. The Labute approximate surface area is 208 Å². The van der Waals surface area contributed by atoms with E-state index < -0.39 is 0 Å². The van der Waals surface area contributed by atoms with Gasteiger partial charge >= 0.3 is 0 Å². The summed E-state index contributed by atoms with van der Waals surface area (Å²) in [6, 6.07) is 15.0. The van der Waals surface area contributed by atoms with Crippen LogP contribution in [0.4, 0.5) is 0 Å². The second kappa shape index (κ2) is 11.6. The fourth-order valence-corrected chi connectivity index (χ4v) is 4.48. The predicted octanol–water partition coefficient (Wildman–Crippen LogP) is 5.73. The Morgan fingerprint density at radius 2 is 1.77 bits per heavy atom. The Hall–Kier alpha value is -2.99. The van der Waals surface area contributed by atoms with E-state index in [9.17, 15) is 9.59 Å². The van der Waals surface area contributed by atoms with Crippen LogP contribution in [0.5, 0.6) is 0 Å². The molecule has 0 aliphatic carbocycles. The normalized spacial score (nSPS) is 12.6. The second-order valence-electron chi connectivity index (χ2n) is 10.0. The van der Waals surface area contributed by atoms with Crippen LogP contribution in [0.3, 0.4) is 0 Å². The number of amides is 1. The molecule has 0 aliphatic rings. The SMILES string of the molecule is CCCn1c(C(CC)N(CCCOC)C(=O)c2ccc(C(C)(C)C)cc2)nc2ccccc2c1=O. The van der Waals surface area contributed by atoms with Crippen LogP contribution in [-0.2, 0) is 16.7 Å². The van der Waals surface area contributed by atoms with E-state index >= 15 is 0 Å². The van der Waals surface area contributed by atoms with Crippen LogP contribution in [0.1, 0.15) is 81.7 Å². The van der Waals surface area contributed by atoms with E-state index in [1.165, 1.54) is 5.56 Å². The molecule has 1 amide bonds. The van der Waals surface area contributed by atoms with Crippen molar-refractivity contribution in [2.45, 2.75) is 71.9 Å². The summed E-state index contributed by atoms with van der Waals surface area (Å²) in [5.41, 5.74) is 2.44. The van der Waals surface area contributed by atoms with Crippen LogP contribution in [-0.4, -0.2) is 40.6 Å². The van der Waals surface area contributed by atoms with Gasteiger partial charge in [0.05, 0.1) is 16.9 Å². The van der Waals surface area contributed by atoms with Gasteiger partial charge in [-0.3, -0.25) is 14.2 Å². The van der Waals surface area contributed by atoms with Gasteiger partial charge in [-0.05, 0) is 54.5 Å². The fraction of sp³-hybridized carbons (Fsp3) is 0.483. The highest BCUT2D eigenvalue weighted by Crippen LogP contribution is 2.28. The molecule has 2 aromatic carbocycles. The van der Waals surface area contributed by atoms with Gasteiger partial charge in [0.15, 0.2) is 0 Å². The molecule has 0 spiro atoms. The minimum absolute atomic E-state index is 0.0108. The van der Waals surface area contributed by atoms with Crippen molar-refractivity contribution in [3.8, 4) is 0 Å². The van der Waals surface area contributed by atoms with Gasteiger partial charge < -0.3 is 9.64 Å². The fourth-order valence-electron chi connectivity index (χ4n) is 4.48. The smallest absolute Gasteiger partial charge is 0.261 e. The van der Waals surface area contributed by atoms with Gasteiger partial charge in [0, 0.05) is 32.4 Å². The summed E-state index contributed by atoms with van der Waals surface area (Å²) in [6.07, 6.45) is 2.15. The highest BCUT2D eigenvalue weighted by Gasteiger charge is 2.29. The third-order valence-electron chi connectivity index (χ3n) is 6.41. The number of nitrogens with zero attached hydrogens (tertiary/aromatic N) is 3. The van der Waals surface area contributed by atoms with Gasteiger partial charge in [0.1, 0.15) is 5.82 Å². The molecule has 0 N–H and O–H groups in total. The maximum Gasteiger partial charge on any atom is 0.261 e. The topological polar surface area (TPSA) is 64.4 Å². The van der Waals surface area contributed by atoms with Crippen LogP contribution in [0.15, 0.2) is 53.3 Å².